The third-order valence-electron chi connectivity index (χ3n) is 3.66. The molecule has 2 aromatic rings. The third-order valence-corrected chi connectivity index (χ3v) is 4.56. The Balaban J connectivity index is 2.07. The van der Waals surface area contributed by atoms with Gasteiger partial charge in [0.25, 0.3) is 5.91 Å². The van der Waals surface area contributed by atoms with Gasteiger partial charge in [-0.2, -0.15) is 0 Å². The molecule has 0 unspecified atom stereocenters. The van der Waals surface area contributed by atoms with Gasteiger partial charge < -0.3 is 9.80 Å². The van der Waals surface area contributed by atoms with Crippen molar-refractivity contribution in [2.45, 2.75) is 40.3 Å². The highest BCUT2D eigenvalue weighted by molar-refractivity contribution is 7.11. The van der Waals surface area contributed by atoms with Gasteiger partial charge in [-0.15, -0.1) is 11.3 Å². The first kappa shape index (κ1) is 17.4. The highest BCUT2D eigenvalue weighted by Gasteiger charge is 2.15. The van der Waals surface area contributed by atoms with Crippen molar-refractivity contribution in [3.8, 4) is 0 Å². The molecule has 2 aromatic heterocycles. The number of aromatic nitrogens is 2. The Hall–Kier alpha value is -1.95. The zero-order chi connectivity index (χ0) is 17.0. The van der Waals surface area contributed by atoms with Gasteiger partial charge in [-0.1, -0.05) is 0 Å². The maximum absolute atomic E-state index is 12.5. The Morgan fingerprint density at radius 3 is 2.48 bits per heavy atom. The monoisotopic (exact) mass is 332 g/mol. The topological polar surface area (TPSA) is 49.3 Å². The van der Waals surface area contributed by atoms with Gasteiger partial charge in [0.2, 0.25) is 0 Å². The highest BCUT2D eigenvalue weighted by Crippen LogP contribution is 2.17. The number of carbonyl (C=O) groups is 1. The number of thiazole rings is 1. The number of hydrogen-bond donors (Lipinski definition) is 0. The smallest absolute Gasteiger partial charge is 0.255 e. The molecular formula is C17H24N4OS. The molecule has 0 aromatic carbocycles. The van der Waals surface area contributed by atoms with Crippen LogP contribution in [0, 0.1) is 6.92 Å². The fourth-order valence-electron chi connectivity index (χ4n) is 2.48. The molecule has 0 N–H and O–H groups in total. The van der Waals surface area contributed by atoms with Gasteiger partial charge in [-0.25, -0.2) is 9.97 Å². The van der Waals surface area contributed by atoms with Gasteiger partial charge in [0.1, 0.15) is 5.82 Å². The van der Waals surface area contributed by atoms with Crippen molar-refractivity contribution in [3.05, 3.63) is 40.0 Å². The number of anilines is 1. The Bertz CT molecular complexity index is 651. The standard InChI is InChI=1S/C17H24N4OS/c1-6-21(12(2)3)16-8-7-14(9-19-16)17(22)20(5)11-15-10-18-13(4)23-15/h7-10,12H,6,11H2,1-5H3. The van der Waals surface area contributed by atoms with E-state index in [1.54, 1.807) is 29.5 Å². The summed E-state index contributed by atoms with van der Waals surface area (Å²) in [6.45, 7) is 9.80. The number of amides is 1. The Morgan fingerprint density at radius 1 is 1.26 bits per heavy atom. The van der Waals surface area contributed by atoms with Gasteiger partial charge in [0.05, 0.1) is 17.1 Å². The van der Waals surface area contributed by atoms with Crippen LogP contribution < -0.4 is 4.90 Å². The molecular weight excluding hydrogens is 308 g/mol. The zero-order valence-corrected chi connectivity index (χ0v) is 15.2. The molecule has 6 heteroatoms. The van der Waals surface area contributed by atoms with Gasteiger partial charge >= 0.3 is 0 Å². The maximum atomic E-state index is 12.5. The van der Waals surface area contributed by atoms with E-state index in [1.165, 1.54) is 0 Å². The van der Waals surface area contributed by atoms with Crippen LogP contribution in [-0.2, 0) is 6.54 Å². The van der Waals surface area contributed by atoms with Crippen LogP contribution in [-0.4, -0.2) is 40.4 Å². The van der Waals surface area contributed by atoms with Crippen molar-refractivity contribution in [2.75, 3.05) is 18.5 Å². The lowest BCUT2D eigenvalue weighted by Gasteiger charge is -2.26. The average molecular weight is 332 g/mol. The number of aryl methyl sites for hydroxylation is 1. The Morgan fingerprint density at radius 2 is 2.00 bits per heavy atom. The lowest BCUT2D eigenvalue weighted by Crippen LogP contribution is -2.31. The number of nitrogens with zero attached hydrogens (tertiary/aromatic N) is 4. The molecule has 5 nitrogen and oxygen atoms in total. The Kier molecular flexibility index (Phi) is 5.71. The summed E-state index contributed by atoms with van der Waals surface area (Å²) in [5.41, 5.74) is 0.609. The van der Waals surface area contributed by atoms with Crippen molar-refractivity contribution in [1.29, 1.82) is 0 Å². The van der Waals surface area contributed by atoms with Crippen LogP contribution >= 0.6 is 11.3 Å². The van der Waals surface area contributed by atoms with Crippen LogP contribution in [0.2, 0.25) is 0 Å². The van der Waals surface area contributed by atoms with Gasteiger partial charge in [-0.05, 0) is 39.8 Å². The zero-order valence-electron chi connectivity index (χ0n) is 14.4. The molecule has 2 rings (SSSR count). The molecule has 0 aliphatic carbocycles. The Labute approximate surface area is 142 Å². The minimum atomic E-state index is -0.0253. The highest BCUT2D eigenvalue weighted by atomic mass is 32.1. The van der Waals surface area contributed by atoms with E-state index in [-0.39, 0.29) is 5.91 Å². The molecule has 0 aliphatic rings. The summed E-state index contributed by atoms with van der Waals surface area (Å²) in [4.78, 5) is 26.1. The second-order valence-corrected chi connectivity index (χ2v) is 7.11. The largest absolute Gasteiger partial charge is 0.354 e. The van der Waals surface area contributed by atoms with E-state index in [1.807, 2.05) is 25.3 Å². The van der Waals surface area contributed by atoms with E-state index in [0.717, 1.165) is 22.2 Å². The molecule has 0 atom stereocenters. The molecule has 0 saturated heterocycles. The van der Waals surface area contributed by atoms with Crippen LogP contribution in [0.5, 0.6) is 0 Å². The molecule has 23 heavy (non-hydrogen) atoms. The second kappa shape index (κ2) is 7.55. The van der Waals surface area contributed by atoms with E-state index in [2.05, 4.69) is 35.6 Å². The number of carbonyl (C=O) groups excluding carboxylic acids is 1. The molecule has 0 aliphatic heterocycles. The van der Waals surface area contributed by atoms with Crippen LogP contribution in [0.25, 0.3) is 0 Å². The maximum Gasteiger partial charge on any atom is 0.255 e. The fraction of sp³-hybridized carbons (Fsp3) is 0.471. The van der Waals surface area contributed by atoms with Crippen LogP contribution in [0.1, 0.15) is 41.0 Å². The lowest BCUT2D eigenvalue weighted by atomic mass is 10.2. The number of hydrogen-bond acceptors (Lipinski definition) is 5. The van der Waals surface area contributed by atoms with Gasteiger partial charge in [-0.3, -0.25) is 4.79 Å². The molecule has 0 saturated carbocycles. The quantitative estimate of drug-likeness (QED) is 0.814. The van der Waals surface area contributed by atoms with Gasteiger partial charge in [0.15, 0.2) is 0 Å². The minimum absolute atomic E-state index is 0.0253. The van der Waals surface area contributed by atoms with Crippen molar-refractivity contribution < 1.29 is 4.79 Å². The first-order valence-corrected chi connectivity index (χ1v) is 8.63. The van der Waals surface area contributed by atoms with Crippen molar-refractivity contribution in [2.24, 2.45) is 0 Å². The van der Waals surface area contributed by atoms with Gasteiger partial charge in [0, 0.05) is 36.9 Å². The summed E-state index contributed by atoms with van der Waals surface area (Å²) in [5.74, 6) is 0.877. The summed E-state index contributed by atoms with van der Waals surface area (Å²) in [6.07, 6.45) is 3.49. The molecule has 0 spiro atoms. The van der Waals surface area contributed by atoms with Crippen molar-refractivity contribution >= 4 is 23.1 Å². The normalized spacial score (nSPS) is 10.9. The molecule has 0 radical (unpaired) electrons. The van der Waals surface area contributed by atoms with E-state index in [9.17, 15) is 4.79 Å². The molecule has 2 heterocycles. The third kappa shape index (κ3) is 4.28. The second-order valence-electron chi connectivity index (χ2n) is 5.79. The van der Waals surface area contributed by atoms with E-state index >= 15 is 0 Å². The molecule has 0 bridgehead atoms. The molecule has 1 amide bonds. The summed E-state index contributed by atoms with van der Waals surface area (Å²) >= 11 is 1.61. The summed E-state index contributed by atoms with van der Waals surface area (Å²) in [6, 6.07) is 4.15. The first-order valence-electron chi connectivity index (χ1n) is 7.81. The summed E-state index contributed by atoms with van der Waals surface area (Å²) in [7, 11) is 1.80. The lowest BCUT2D eigenvalue weighted by molar-refractivity contribution is 0.0786. The van der Waals surface area contributed by atoms with E-state index < -0.39 is 0 Å². The number of pyridine rings is 1. The predicted octanol–water partition coefficient (Wildman–Crippen LogP) is 3.35. The van der Waals surface area contributed by atoms with Crippen molar-refractivity contribution in [1.82, 2.24) is 14.9 Å². The summed E-state index contributed by atoms with van der Waals surface area (Å²) < 4.78 is 0. The molecule has 0 fully saturated rings. The van der Waals surface area contributed by atoms with Crippen LogP contribution in [0.3, 0.4) is 0 Å². The fourth-order valence-corrected chi connectivity index (χ4v) is 3.33. The van der Waals surface area contributed by atoms with E-state index in [0.29, 0.717) is 18.2 Å². The number of rotatable bonds is 6. The van der Waals surface area contributed by atoms with Crippen LogP contribution in [0.4, 0.5) is 5.82 Å². The predicted molar refractivity (Wildman–Crippen MR) is 95.0 cm³/mol. The SMILES string of the molecule is CCN(c1ccc(C(=O)N(C)Cc2cnc(C)s2)cn1)C(C)C. The van der Waals surface area contributed by atoms with E-state index in [4.69, 9.17) is 0 Å². The molecule has 124 valence electrons. The summed E-state index contributed by atoms with van der Waals surface area (Å²) in [5, 5.41) is 1.01. The minimum Gasteiger partial charge on any atom is -0.354 e. The average Bonchev–Trinajstić information content (AvgIpc) is 2.92. The van der Waals surface area contributed by atoms with Crippen LogP contribution in [0.15, 0.2) is 24.5 Å². The first-order chi connectivity index (χ1) is 10.9. The van der Waals surface area contributed by atoms with Crippen molar-refractivity contribution in [3.63, 3.8) is 0 Å².